The van der Waals surface area contributed by atoms with E-state index in [2.05, 4.69) is 10.2 Å². The fourth-order valence-corrected chi connectivity index (χ4v) is 1.60. The van der Waals surface area contributed by atoms with E-state index in [1.54, 1.807) is 0 Å². The van der Waals surface area contributed by atoms with E-state index in [1.807, 2.05) is 0 Å². The first-order valence-corrected chi connectivity index (χ1v) is 4.91. The molecule has 70 valence electrons. The molecule has 1 aromatic heterocycles. The molecule has 4 nitrogen and oxygen atoms in total. The van der Waals surface area contributed by atoms with Gasteiger partial charge in [-0.15, -0.1) is 10.2 Å². The number of hydrogen-bond donors (Lipinski definition) is 1. The predicted molar refractivity (Wildman–Crippen MR) is 46.0 cm³/mol. The highest BCUT2D eigenvalue weighted by atomic mass is 16.4. The Labute approximate surface area is 76.5 Å². The van der Waals surface area contributed by atoms with E-state index in [9.17, 15) is 0 Å². The Morgan fingerprint density at radius 2 is 2.08 bits per heavy atom. The highest BCUT2D eigenvalue weighted by Gasteiger charge is 2.45. The molecule has 2 fully saturated rings. The molecule has 13 heavy (non-hydrogen) atoms. The summed E-state index contributed by atoms with van der Waals surface area (Å²) in [7, 11) is 0. The topological polar surface area (TPSA) is 64.9 Å². The van der Waals surface area contributed by atoms with Gasteiger partial charge in [0.05, 0.1) is 5.54 Å². The SMILES string of the molecule is NC1(c2nnc(C3CCC3)o2)CC1. The van der Waals surface area contributed by atoms with Crippen LogP contribution in [0.5, 0.6) is 0 Å². The third-order valence-corrected chi connectivity index (χ3v) is 3.11. The van der Waals surface area contributed by atoms with Crippen molar-refractivity contribution in [2.24, 2.45) is 5.73 Å². The van der Waals surface area contributed by atoms with Crippen LogP contribution in [-0.2, 0) is 5.54 Å². The number of rotatable bonds is 2. The third kappa shape index (κ3) is 1.09. The van der Waals surface area contributed by atoms with Gasteiger partial charge in [-0.3, -0.25) is 0 Å². The second kappa shape index (κ2) is 2.32. The molecule has 0 atom stereocenters. The average Bonchev–Trinajstić information content (AvgIpc) is 2.61. The van der Waals surface area contributed by atoms with E-state index < -0.39 is 0 Å². The molecule has 2 aliphatic rings. The summed E-state index contributed by atoms with van der Waals surface area (Å²) in [5.41, 5.74) is 5.68. The quantitative estimate of drug-likeness (QED) is 0.742. The maximum Gasteiger partial charge on any atom is 0.236 e. The number of nitrogens with two attached hydrogens (primary N) is 1. The summed E-state index contributed by atoms with van der Waals surface area (Å²) in [5, 5.41) is 8.06. The van der Waals surface area contributed by atoms with E-state index in [0.717, 1.165) is 18.7 Å². The highest BCUT2D eigenvalue weighted by molar-refractivity contribution is 5.11. The minimum Gasteiger partial charge on any atom is -0.423 e. The summed E-state index contributed by atoms with van der Waals surface area (Å²) in [5.74, 6) is 1.97. The first-order chi connectivity index (χ1) is 6.28. The van der Waals surface area contributed by atoms with Crippen LogP contribution in [-0.4, -0.2) is 10.2 Å². The zero-order valence-electron chi connectivity index (χ0n) is 7.49. The van der Waals surface area contributed by atoms with Gasteiger partial charge in [-0.25, -0.2) is 0 Å². The molecule has 0 radical (unpaired) electrons. The molecule has 1 heterocycles. The van der Waals surface area contributed by atoms with Gasteiger partial charge < -0.3 is 10.2 Å². The Bertz CT molecular complexity index is 325. The van der Waals surface area contributed by atoms with Crippen LogP contribution in [0.15, 0.2) is 4.42 Å². The van der Waals surface area contributed by atoms with E-state index in [0.29, 0.717) is 11.8 Å². The zero-order chi connectivity index (χ0) is 8.89. The first-order valence-electron chi connectivity index (χ1n) is 4.91. The standard InChI is InChI=1S/C9H13N3O/c10-9(4-5-9)8-12-11-7(13-8)6-2-1-3-6/h6H,1-5,10H2. The van der Waals surface area contributed by atoms with Gasteiger partial charge in [0.1, 0.15) is 0 Å². The summed E-state index contributed by atoms with van der Waals surface area (Å²) in [6.07, 6.45) is 5.65. The van der Waals surface area contributed by atoms with Crippen LogP contribution < -0.4 is 5.73 Å². The summed E-state index contributed by atoms with van der Waals surface area (Å²) < 4.78 is 5.57. The van der Waals surface area contributed by atoms with Crippen LogP contribution in [0.2, 0.25) is 0 Å². The molecular weight excluding hydrogens is 166 g/mol. The lowest BCUT2D eigenvalue weighted by Gasteiger charge is -2.20. The number of hydrogen-bond acceptors (Lipinski definition) is 4. The van der Waals surface area contributed by atoms with Gasteiger partial charge in [-0.05, 0) is 25.7 Å². The summed E-state index contributed by atoms with van der Waals surface area (Å²) in [4.78, 5) is 0. The fraction of sp³-hybridized carbons (Fsp3) is 0.778. The molecule has 0 aromatic carbocycles. The van der Waals surface area contributed by atoms with Gasteiger partial charge in [-0.2, -0.15) is 0 Å². The van der Waals surface area contributed by atoms with Crippen LogP contribution in [0.3, 0.4) is 0 Å². The Morgan fingerprint density at radius 1 is 1.31 bits per heavy atom. The molecule has 0 spiro atoms. The van der Waals surface area contributed by atoms with E-state index in [-0.39, 0.29) is 5.54 Å². The third-order valence-electron chi connectivity index (χ3n) is 3.11. The first kappa shape index (κ1) is 7.50. The minimum absolute atomic E-state index is 0.269. The van der Waals surface area contributed by atoms with Crippen LogP contribution in [0.4, 0.5) is 0 Å². The molecular formula is C9H13N3O. The fourth-order valence-electron chi connectivity index (χ4n) is 1.60. The Kier molecular flexibility index (Phi) is 1.34. The van der Waals surface area contributed by atoms with Crippen molar-refractivity contribution in [1.82, 2.24) is 10.2 Å². The van der Waals surface area contributed by atoms with Crippen molar-refractivity contribution in [1.29, 1.82) is 0 Å². The van der Waals surface area contributed by atoms with Crippen LogP contribution in [0.25, 0.3) is 0 Å². The average molecular weight is 179 g/mol. The van der Waals surface area contributed by atoms with E-state index in [4.69, 9.17) is 10.2 Å². The van der Waals surface area contributed by atoms with Crippen molar-refractivity contribution in [2.45, 2.75) is 43.6 Å². The Hall–Kier alpha value is -0.900. The summed E-state index contributed by atoms with van der Waals surface area (Å²) >= 11 is 0. The minimum atomic E-state index is -0.269. The lowest BCUT2D eigenvalue weighted by Crippen LogP contribution is -2.19. The smallest absolute Gasteiger partial charge is 0.236 e. The van der Waals surface area contributed by atoms with E-state index in [1.165, 1.54) is 19.3 Å². The summed E-state index contributed by atoms with van der Waals surface area (Å²) in [6, 6.07) is 0. The second-order valence-corrected chi connectivity index (χ2v) is 4.23. The monoisotopic (exact) mass is 179 g/mol. The highest BCUT2D eigenvalue weighted by Crippen LogP contribution is 2.43. The Morgan fingerprint density at radius 3 is 2.62 bits per heavy atom. The van der Waals surface area contributed by atoms with Gasteiger partial charge in [0.15, 0.2) is 0 Å². The van der Waals surface area contributed by atoms with Crippen molar-refractivity contribution < 1.29 is 4.42 Å². The van der Waals surface area contributed by atoms with Gasteiger partial charge in [0, 0.05) is 5.92 Å². The Balaban J connectivity index is 1.85. The molecule has 0 amide bonds. The molecule has 0 unspecified atom stereocenters. The van der Waals surface area contributed by atoms with E-state index >= 15 is 0 Å². The van der Waals surface area contributed by atoms with Crippen LogP contribution >= 0.6 is 0 Å². The maximum atomic E-state index is 5.94. The lowest BCUT2D eigenvalue weighted by atomic mass is 9.85. The molecule has 2 aliphatic carbocycles. The van der Waals surface area contributed by atoms with Gasteiger partial charge >= 0.3 is 0 Å². The second-order valence-electron chi connectivity index (χ2n) is 4.23. The molecule has 2 N–H and O–H groups in total. The van der Waals surface area contributed by atoms with Crippen molar-refractivity contribution >= 4 is 0 Å². The summed E-state index contributed by atoms with van der Waals surface area (Å²) in [6.45, 7) is 0. The van der Waals surface area contributed by atoms with Gasteiger partial charge in [0.25, 0.3) is 0 Å². The lowest BCUT2D eigenvalue weighted by molar-refractivity contribution is 0.315. The maximum absolute atomic E-state index is 5.94. The molecule has 0 saturated heterocycles. The molecule has 3 rings (SSSR count). The molecule has 0 aliphatic heterocycles. The zero-order valence-corrected chi connectivity index (χ0v) is 7.49. The predicted octanol–water partition coefficient (Wildman–Crippen LogP) is 1.28. The van der Waals surface area contributed by atoms with Crippen molar-refractivity contribution in [3.05, 3.63) is 11.8 Å². The molecule has 4 heteroatoms. The molecule has 2 saturated carbocycles. The van der Waals surface area contributed by atoms with Crippen molar-refractivity contribution in [3.8, 4) is 0 Å². The number of nitrogens with zero attached hydrogens (tertiary/aromatic N) is 2. The van der Waals surface area contributed by atoms with Crippen LogP contribution in [0, 0.1) is 0 Å². The van der Waals surface area contributed by atoms with Gasteiger partial charge in [0.2, 0.25) is 11.8 Å². The van der Waals surface area contributed by atoms with Gasteiger partial charge in [-0.1, -0.05) is 6.42 Å². The largest absolute Gasteiger partial charge is 0.423 e. The normalized spacial score (nSPS) is 25.6. The van der Waals surface area contributed by atoms with Crippen molar-refractivity contribution in [3.63, 3.8) is 0 Å². The van der Waals surface area contributed by atoms with Crippen molar-refractivity contribution in [2.75, 3.05) is 0 Å². The molecule has 0 bridgehead atoms. The molecule has 1 aromatic rings. The van der Waals surface area contributed by atoms with Crippen LogP contribution in [0.1, 0.15) is 49.8 Å². The number of aromatic nitrogens is 2.